The van der Waals surface area contributed by atoms with Crippen molar-refractivity contribution in [3.05, 3.63) is 59.7 Å². The van der Waals surface area contributed by atoms with E-state index in [1.165, 1.54) is 4.90 Å². The monoisotopic (exact) mass is 464 g/mol. The molecule has 2 atom stereocenters. The molecule has 2 aromatic carbocycles. The summed E-state index contributed by atoms with van der Waals surface area (Å²) in [6, 6.07) is 15.1. The summed E-state index contributed by atoms with van der Waals surface area (Å²) in [5.41, 5.74) is 3.36. The molecule has 2 fully saturated rings. The molecule has 2 N–H and O–H groups in total. The summed E-state index contributed by atoms with van der Waals surface area (Å²) in [6.07, 6.45) is 0.389. The standard InChI is InChI=1S/C26H28N2O6/c1-16-22(23(29)30)28(13-14-33-16)24(31)26(11-6-12-26)27-25(32)34-15-21-19-9-4-2-7-17(19)18-8-3-5-10-20(18)21/h2-5,7-10,16,21-22H,6,11-15H2,1H3,(H,27,32)(H,29,30). The summed E-state index contributed by atoms with van der Waals surface area (Å²) in [4.78, 5) is 39.4. The van der Waals surface area contributed by atoms with Gasteiger partial charge in [0.25, 0.3) is 0 Å². The molecule has 2 unspecified atom stereocenters. The second kappa shape index (κ2) is 8.76. The fraction of sp³-hybridized carbons (Fsp3) is 0.423. The maximum absolute atomic E-state index is 13.4. The summed E-state index contributed by atoms with van der Waals surface area (Å²) in [5.74, 6) is -1.58. The molecule has 1 saturated heterocycles. The Kier molecular flexibility index (Phi) is 5.77. The van der Waals surface area contributed by atoms with Gasteiger partial charge in [-0.25, -0.2) is 9.59 Å². The average molecular weight is 465 g/mol. The number of rotatable bonds is 5. The Morgan fingerprint density at radius 3 is 2.26 bits per heavy atom. The van der Waals surface area contributed by atoms with E-state index in [4.69, 9.17) is 9.47 Å². The van der Waals surface area contributed by atoms with Gasteiger partial charge in [0, 0.05) is 12.5 Å². The number of morpholine rings is 1. The SMILES string of the molecule is CC1OCCN(C(=O)C2(NC(=O)OCC3c4ccccc4-c4ccccc43)CCC2)C1C(=O)O. The molecule has 178 valence electrons. The lowest BCUT2D eigenvalue weighted by Gasteiger charge is -2.47. The van der Waals surface area contributed by atoms with Gasteiger partial charge in [-0.1, -0.05) is 48.5 Å². The van der Waals surface area contributed by atoms with E-state index < -0.39 is 29.7 Å². The summed E-state index contributed by atoms with van der Waals surface area (Å²) < 4.78 is 11.1. The summed E-state index contributed by atoms with van der Waals surface area (Å²) in [7, 11) is 0. The van der Waals surface area contributed by atoms with Crippen molar-refractivity contribution in [2.24, 2.45) is 0 Å². The van der Waals surface area contributed by atoms with Gasteiger partial charge in [0.1, 0.15) is 12.1 Å². The van der Waals surface area contributed by atoms with Crippen molar-refractivity contribution in [3.63, 3.8) is 0 Å². The molecule has 0 spiro atoms. The van der Waals surface area contributed by atoms with Crippen molar-refractivity contribution in [3.8, 4) is 11.1 Å². The molecule has 8 heteroatoms. The van der Waals surface area contributed by atoms with E-state index >= 15 is 0 Å². The molecular formula is C26H28N2O6. The molecule has 5 rings (SSSR count). The highest BCUT2D eigenvalue weighted by Gasteiger charge is 2.51. The lowest BCUT2D eigenvalue weighted by atomic mass is 9.75. The van der Waals surface area contributed by atoms with Gasteiger partial charge in [0.05, 0.1) is 12.7 Å². The highest BCUT2D eigenvalue weighted by Crippen LogP contribution is 2.44. The molecule has 0 bridgehead atoms. The average Bonchev–Trinajstić information content (AvgIpc) is 3.13. The van der Waals surface area contributed by atoms with E-state index in [0.717, 1.165) is 28.7 Å². The van der Waals surface area contributed by atoms with Crippen LogP contribution in [0.5, 0.6) is 0 Å². The third-order valence-electron chi connectivity index (χ3n) is 7.31. The number of aliphatic carboxylic acids is 1. The van der Waals surface area contributed by atoms with Crippen LogP contribution in [0.3, 0.4) is 0 Å². The van der Waals surface area contributed by atoms with Gasteiger partial charge in [-0.15, -0.1) is 0 Å². The zero-order valence-electron chi connectivity index (χ0n) is 19.0. The Morgan fingerprint density at radius 2 is 1.71 bits per heavy atom. The number of hydrogen-bond acceptors (Lipinski definition) is 5. The zero-order chi connectivity index (χ0) is 23.9. The molecule has 34 heavy (non-hydrogen) atoms. The molecule has 2 aliphatic carbocycles. The normalized spacial score (nSPS) is 22.8. The van der Waals surface area contributed by atoms with Crippen molar-refractivity contribution in [1.82, 2.24) is 10.2 Å². The van der Waals surface area contributed by atoms with Gasteiger partial charge >= 0.3 is 12.1 Å². The molecular weight excluding hydrogens is 436 g/mol. The Bertz CT molecular complexity index is 1080. The number of carbonyl (C=O) groups is 3. The first-order chi connectivity index (χ1) is 16.4. The van der Waals surface area contributed by atoms with Crippen LogP contribution in [0.2, 0.25) is 0 Å². The van der Waals surface area contributed by atoms with Gasteiger partial charge in [-0.05, 0) is 48.4 Å². The number of ether oxygens (including phenoxy) is 2. The fourth-order valence-electron chi connectivity index (χ4n) is 5.41. The molecule has 8 nitrogen and oxygen atoms in total. The van der Waals surface area contributed by atoms with Crippen molar-refractivity contribution in [2.75, 3.05) is 19.8 Å². The van der Waals surface area contributed by atoms with Crippen molar-refractivity contribution < 1.29 is 29.0 Å². The lowest BCUT2D eigenvalue weighted by Crippen LogP contribution is -2.68. The predicted octanol–water partition coefficient (Wildman–Crippen LogP) is 3.15. The minimum atomic E-state index is -1.13. The van der Waals surface area contributed by atoms with E-state index in [9.17, 15) is 19.5 Å². The number of fused-ring (bicyclic) bond motifs is 3. The van der Waals surface area contributed by atoms with Crippen LogP contribution >= 0.6 is 0 Å². The first-order valence-electron chi connectivity index (χ1n) is 11.7. The van der Waals surface area contributed by atoms with Crippen LogP contribution < -0.4 is 5.32 Å². The second-order valence-electron chi connectivity index (χ2n) is 9.24. The smallest absolute Gasteiger partial charge is 0.408 e. The van der Waals surface area contributed by atoms with Crippen LogP contribution in [0.15, 0.2) is 48.5 Å². The predicted molar refractivity (Wildman–Crippen MR) is 123 cm³/mol. The van der Waals surface area contributed by atoms with Crippen LogP contribution in [0.4, 0.5) is 4.79 Å². The van der Waals surface area contributed by atoms with Crippen molar-refractivity contribution in [2.45, 2.75) is 49.8 Å². The number of nitrogens with zero attached hydrogens (tertiary/aromatic N) is 1. The number of carboxylic acids is 1. The Morgan fingerprint density at radius 1 is 1.09 bits per heavy atom. The maximum atomic E-state index is 13.4. The van der Waals surface area contributed by atoms with Gasteiger partial charge in [-0.3, -0.25) is 4.79 Å². The number of carbonyl (C=O) groups excluding carboxylic acids is 2. The number of nitrogens with one attached hydrogen (secondary N) is 1. The first-order valence-corrected chi connectivity index (χ1v) is 11.7. The van der Waals surface area contributed by atoms with Gasteiger partial charge < -0.3 is 24.8 Å². The van der Waals surface area contributed by atoms with E-state index in [2.05, 4.69) is 17.4 Å². The largest absolute Gasteiger partial charge is 0.480 e. The maximum Gasteiger partial charge on any atom is 0.408 e. The van der Waals surface area contributed by atoms with Gasteiger partial charge in [0.15, 0.2) is 6.04 Å². The molecule has 0 aromatic heterocycles. The third-order valence-corrected chi connectivity index (χ3v) is 7.31. The highest BCUT2D eigenvalue weighted by atomic mass is 16.5. The van der Waals surface area contributed by atoms with Crippen molar-refractivity contribution >= 4 is 18.0 Å². The Labute approximate surface area is 197 Å². The topological polar surface area (TPSA) is 105 Å². The molecule has 0 radical (unpaired) electrons. The summed E-state index contributed by atoms with van der Waals surface area (Å²) in [5, 5.41) is 12.4. The number of alkyl carbamates (subject to hydrolysis) is 1. The molecule has 1 heterocycles. The quantitative estimate of drug-likeness (QED) is 0.704. The Hall–Kier alpha value is -3.39. The number of amides is 2. The number of benzene rings is 2. The molecule has 1 saturated carbocycles. The van der Waals surface area contributed by atoms with Crippen LogP contribution in [0.25, 0.3) is 11.1 Å². The summed E-state index contributed by atoms with van der Waals surface area (Å²) in [6.45, 7) is 2.23. The molecule has 3 aliphatic rings. The second-order valence-corrected chi connectivity index (χ2v) is 9.24. The van der Waals surface area contributed by atoms with Crippen LogP contribution in [0.1, 0.15) is 43.2 Å². The highest BCUT2D eigenvalue weighted by molar-refractivity contribution is 5.94. The fourth-order valence-corrected chi connectivity index (χ4v) is 5.41. The van der Waals surface area contributed by atoms with E-state index in [1.807, 2.05) is 36.4 Å². The van der Waals surface area contributed by atoms with E-state index in [1.54, 1.807) is 6.92 Å². The lowest BCUT2D eigenvalue weighted by molar-refractivity contribution is -0.169. The van der Waals surface area contributed by atoms with Crippen molar-refractivity contribution in [1.29, 1.82) is 0 Å². The van der Waals surface area contributed by atoms with Crippen LogP contribution in [-0.2, 0) is 19.1 Å². The van der Waals surface area contributed by atoms with Crippen LogP contribution in [-0.4, -0.2) is 65.4 Å². The first kappa shape index (κ1) is 22.4. The van der Waals surface area contributed by atoms with E-state index in [0.29, 0.717) is 12.8 Å². The minimum Gasteiger partial charge on any atom is -0.480 e. The Balaban J connectivity index is 1.29. The van der Waals surface area contributed by atoms with Gasteiger partial charge in [0.2, 0.25) is 5.91 Å². The minimum absolute atomic E-state index is 0.0809. The zero-order valence-corrected chi connectivity index (χ0v) is 19.0. The molecule has 1 aliphatic heterocycles. The van der Waals surface area contributed by atoms with Gasteiger partial charge in [-0.2, -0.15) is 0 Å². The third kappa shape index (κ3) is 3.72. The number of hydrogen-bond donors (Lipinski definition) is 2. The van der Waals surface area contributed by atoms with E-state index in [-0.39, 0.29) is 31.6 Å². The van der Waals surface area contributed by atoms with Crippen LogP contribution in [0, 0.1) is 0 Å². The summed E-state index contributed by atoms with van der Waals surface area (Å²) >= 11 is 0. The molecule has 2 aromatic rings. The number of carboxylic acid groups (broad SMARTS) is 1. The molecule has 2 amide bonds.